The molecule has 0 aromatic heterocycles. The van der Waals surface area contributed by atoms with Gasteiger partial charge in [0.1, 0.15) is 6.04 Å². The number of amides is 1. The first-order valence-corrected chi connectivity index (χ1v) is 7.18. The zero-order valence-corrected chi connectivity index (χ0v) is 12.0. The van der Waals surface area contributed by atoms with Gasteiger partial charge in [0, 0.05) is 28.8 Å². The first kappa shape index (κ1) is 12.9. The summed E-state index contributed by atoms with van der Waals surface area (Å²) in [5.41, 5.74) is 8.49. The Bertz CT molecular complexity index is 527. The van der Waals surface area contributed by atoms with Crippen LogP contribution in [0.5, 0.6) is 0 Å². The maximum Gasteiger partial charge on any atom is 0.245 e. The number of rotatable bonds is 1. The van der Waals surface area contributed by atoms with E-state index in [-0.39, 0.29) is 12.0 Å². The van der Waals surface area contributed by atoms with Gasteiger partial charge >= 0.3 is 0 Å². The van der Waals surface area contributed by atoms with Gasteiger partial charge in [-0.1, -0.05) is 0 Å². The highest BCUT2D eigenvalue weighted by Gasteiger charge is 2.29. The van der Waals surface area contributed by atoms with Crippen molar-refractivity contribution in [3.05, 3.63) is 22.2 Å². The van der Waals surface area contributed by atoms with Crippen molar-refractivity contribution in [3.63, 3.8) is 0 Å². The minimum Gasteiger partial charge on any atom is -0.393 e. The molecule has 3 rings (SSSR count). The first-order chi connectivity index (χ1) is 9.06. The molecule has 5 nitrogen and oxygen atoms in total. The minimum atomic E-state index is -0.580. The van der Waals surface area contributed by atoms with E-state index in [4.69, 9.17) is 5.73 Å². The smallest absolute Gasteiger partial charge is 0.245 e. The number of hydrogen-bond acceptors (Lipinski definition) is 4. The average molecular weight is 326 g/mol. The van der Waals surface area contributed by atoms with Crippen LogP contribution in [0.25, 0.3) is 0 Å². The highest BCUT2D eigenvalue weighted by Crippen LogP contribution is 2.38. The zero-order chi connectivity index (χ0) is 13.6. The lowest BCUT2D eigenvalue weighted by molar-refractivity contribution is -0.116. The van der Waals surface area contributed by atoms with Gasteiger partial charge < -0.3 is 21.1 Å². The second kappa shape index (κ2) is 4.77. The summed E-state index contributed by atoms with van der Waals surface area (Å²) in [6, 6.07) is 3.30. The Kier molecular flexibility index (Phi) is 3.24. The number of anilines is 2. The highest BCUT2D eigenvalue weighted by molar-refractivity contribution is 9.10. The van der Waals surface area contributed by atoms with Crippen LogP contribution >= 0.6 is 15.9 Å². The summed E-state index contributed by atoms with van der Waals surface area (Å²) in [6.07, 6.45) is 1.35. The third-order valence-electron chi connectivity index (χ3n) is 3.80. The Morgan fingerprint density at radius 3 is 2.74 bits per heavy atom. The maximum absolute atomic E-state index is 11.6. The second-order valence-electron chi connectivity index (χ2n) is 5.08. The summed E-state index contributed by atoms with van der Waals surface area (Å²) in [5, 5.41) is 12.4. The van der Waals surface area contributed by atoms with Crippen molar-refractivity contribution >= 4 is 33.2 Å². The fraction of sp³-hybridized carbons (Fsp3) is 0.462. The lowest BCUT2D eigenvalue weighted by Gasteiger charge is -2.32. The summed E-state index contributed by atoms with van der Waals surface area (Å²) in [7, 11) is 0. The molecule has 1 fully saturated rings. The molecule has 1 aromatic rings. The molecule has 1 amide bonds. The molecule has 1 atom stereocenters. The normalized spacial score (nSPS) is 23.4. The Morgan fingerprint density at radius 1 is 1.37 bits per heavy atom. The molecule has 4 N–H and O–H groups in total. The van der Waals surface area contributed by atoms with E-state index in [0.717, 1.165) is 47.3 Å². The van der Waals surface area contributed by atoms with E-state index in [0.29, 0.717) is 0 Å². The third-order valence-corrected chi connectivity index (χ3v) is 4.43. The van der Waals surface area contributed by atoms with E-state index >= 15 is 0 Å². The van der Waals surface area contributed by atoms with Gasteiger partial charge in [0.25, 0.3) is 0 Å². The highest BCUT2D eigenvalue weighted by atomic mass is 79.9. The standard InChI is InChI=1S/C13H16BrN3O2/c14-9-5-8-10(16-13(19)12(8)15)6-11(9)17-3-1-7(18)2-4-17/h5-7,12,18H,1-4,15H2,(H,16,19). The number of aliphatic hydroxyl groups excluding tert-OH is 1. The maximum atomic E-state index is 11.6. The lowest BCUT2D eigenvalue weighted by atomic mass is 10.0. The fourth-order valence-electron chi connectivity index (χ4n) is 2.64. The number of hydrogen-bond donors (Lipinski definition) is 3. The van der Waals surface area contributed by atoms with Crippen molar-refractivity contribution in [2.24, 2.45) is 5.73 Å². The molecular weight excluding hydrogens is 310 g/mol. The molecule has 1 saturated heterocycles. The van der Waals surface area contributed by atoms with E-state index in [1.165, 1.54) is 0 Å². The van der Waals surface area contributed by atoms with Gasteiger partial charge in [-0.3, -0.25) is 4.79 Å². The van der Waals surface area contributed by atoms with Crippen molar-refractivity contribution in [2.75, 3.05) is 23.3 Å². The number of benzene rings is 1. The van der Waals surface area contributed by atoms with Crippen LogP contribution in [0, 0.1) is 0 Å². The zero-order valence-electron chi connectivity index (χ0n) is 10.4. The molecule has 2 aliphatic rings. The summed E-state index contributed by atoms with van der Waals surface area (Å²) < 4.78 is 0.939. The Hall–Kier alpha value is -1.11. The van der Waals surface area contributed by atoms with Crippen molar-refractivity contribution in [1.29, 1.82) is 0 Å². The second-order valence-corrected chi connectivity index (χ2v) is 5.93. The number of nitrogens with zero attached hydrogens (tertiary/aromatic N) is 1. The number of nitrogens with two attached hydrogens (primary N) is 1. The molecule has 1 aromatic carbocycles. The summed E-state index contributed by atoms with van der Waals surface area (Å²) in [6.45, 7) is 1.64. The quantitative estimate of drug-likeness (QED) is 0.728. The molecule has 1 unspecified atom stereocenters. The van der Waals surface area contributed by atoms with Crippen LogP contribution in [0.2, 0.25) is 0 Å². The number of carbonyl (C=O) groups excluding carboxylic acids is 1. The third kappa shape index (κ3) is 2.24. The number of carbonyl (C=O) groups is 1. The number of aliphatic hydroxyl groups is 1. The number of nitrogens with one attached hydrogen (secondary N) is 1. The van der Waals surface area contributed by atoms with Crippen molar-refractivity contribution in [2.45, 2.75) is 25.0 Å². The monoisotopic (exact) mass is 325 g/mol. The largest absolute Gasteiger partial charge is 0.393 e. The minimum absolute atomic E-state index is 0.159. The summed E-state index contributed by atoms with van der Waals surface area (Å²) in [4.78, 5) is 13.8. The van der Waals surface area contributed by atoms with Gasteiger partial charge in [-0.15, -0.1) is 0 Å². The van der Waals surface area contributed by atoms with Crippen LogP contribution in [0.3, 0.4) is 0 Å². The molecule has 0 saturated carbocycles. The first-order valence-electron chi connectivity index (χ1n) is 6.39. The number of halogens is 1. The van der Waals surface area contributed by atoms with Gasteiger partial charge in [-0.25, -0.2) is 0 Å². The molecule has 0 bridgehead atoms. The van der Waals surface area contributed by atoms with E-state index in [1.54, 1.807) is 0 Å². The molecular formula is C13H16BrN3O2. The Labute approximate surface area is 119 Å². The topological polar surface area (TPSA) is 78.6 Å². The van der Waals surface area contributed by atoms with Crippen molar-refractivity contribution in [1.82, 2.24) is 0 Å². The van der Waals surface area contributed by atoms with Crippen LogP contribution in [-0.4, -0.2) is 30.2 Å². The lowest BCUT2D eigenvalue weighted by Crippen LogP contribution is -2.36. The van der Waals surface area contributed by atoms with Crippen LogP contribution in [0.4, 0.5) is 11.4 Å². The summed E-state index contributed by atoms with van der Waals surface area (Å²) in [5.74, 6) is -0.159. The predicted octanol–water partition coefficient (Wildman–Crippen LogP) is 1.36. The van der Waals surface area contributed by atoms with E-state index in [1.807, 2.05) is 12.1 Å². The van der Waals surface area contributed by atoms with Gasteiger partial charge in [0.2, 0.25) is 5.91 Å². The summed E-state index contributed by atoms with van der Waals surface area (Å²) >= 11 is 3.55. The molecule has 102 valence electrons. The van der Waals surface area contributed by atoms with Crippen LogP contribution in [0.1, 0.15) is 24.4 Å². The van der Waals surface area contributed by atoms with E-state index in [9.17, 15) is 9.90 Å². The van der Waals surface area contributed by atoms with Crippen LogP contribution < -0.4 is 16.0 Å². The SMILES string of the molecule is NC1C(=O)Nc2cc(N3CCC(O)CC3)c(Br)cc21. The van der Waals surface area contributed by atoms with E-state index < -0.39 is 6.04 Å². The Morgan fingerprint density at radius 2 is 2.05 bits per heavy atom. The fourth-order valence-corrected chi connectivity index (χ4v) is 3.26. The Balaban J connectivity index is 1.92. The van der Waals surface area contributed by atoms with Crippen molar-refractivity contribution < 1.29 is 9.90 Å². The number of piperidine rings is 1. The van der Waals surface area contributed by atoms with Gasteiger partial charge in [-0.2, -0.15) is 0 Å². The predicted molar refractivity (Wildman–Crippen MR) is 77.2 cm³/mol. The molecule has 0 spiro atoms. The van der Waals surface area contributed by atoms with Crippen molar-refractivity contribution in [3.8, 4) is 0 Å². The molecule has 0 radical (unpaired) electrons. The average Bonchev–Trinajstić information content (AvgIpc) is 2.66. The van der Waals surface area contributed by atoms with Crippen LogP contribution in [0.15, 0.2) is 16.6 Å². The van der Waals surface area contributed by atoms with E-state index in [2.05, 4.69) is 26.1 Å². The molecule has 19 heavy (non-hydrogen) atoms. The number of fused-ring (bicyclic) bond motifs is 1. The molecule has 6 heteroatoms. The van der Waals surface area contributed by atoms with Gasteiger partial charge in [0.05, 0.1) is 11.8 Å². The van der Waals surface area contributed by atoms with Gasteiger partial charge in [-0.05, 0) is 40.9 Å². The van der Waals surface area contributed by atoms with Gasteiger partial charge in [0.15, 0.2) is 0 Å². The molecule has 2 heterocycles. The van der Waals surface area contributed by atoms with Crippen LogP contribution in [-0.2, 0) is 4.79 Å². The molecule has 2 aliphatic heterocycles. The molecule has 0 aliphatic carbocycles.